The molecule has 0 aliphatic heterocycles. The monoisotopic (exact) mass is 465 g/mol. The van der Waals surface area contributed by atoms with Crippen molar-refractivity contribution in [1.82, 2.24) is 14.5 Å². The van der Waals surface area contributed by atoms with Crippen molar-refractivity contribution in [1.29, 1.82) is 0 Å². The van der Waals surface area contributed by atoms with Gasteiger partial charge in [0.1, 0.15) is 5.56 Å². The third-order valence-electron chi connectivity index (χ3n) is 4.53. The number of carbonyl (C=O) groups is 2. The number of fused-ring (bicyclic) bond motifs is 1. The highest BCUT2D eigenvalue weighted by Gasteiger charge is 2.16. The zero-order valence-corrected chi connectivity index (χ0v) is 18.9. The molecule has 0 aliphatic carbocycles. The van der Waals surface area contributed by atoms with Crippen molar-refractivity contribution in [2.45, 2.75) is 12.1 Å². The Morgan fingerprint density at radius 2 is 1.91 bits per heavy atom. The summed E-state index contributed by atoms with van der Waals surface area (Å²) in [7, 11) is 1.52. The Bertz CT molecular complexity index is 1370. The Labute approximate surface area is 191 Å². The molecule has 32 heavy (non-hydrogen) atoms. The summed E-state index contributed by atoms with van der Waals surface area (Å²) >= 11 is 2.51. The van der Waals surface area contributed by atoms with E-state index < -0.39 is 11.5 Å². The Morgan fingerprint density at radius 1 is 1.12 bits per heavy atom. The van der Waals surface area contributed by atoms with Crippen molar-refractivity contribution < 1.29 is 9.59 Å². The van der Waals surface area contributed by atoms with Gasteiger partial charge in [0.15, 0.2) is 10.3 Å². The van der Waals surface area contributed by atoms with Crippen LogP contribution in [0.25, 0.3) is 10.2 Å². The molecule has 2 heterocycles. The number of rotatable bonds is 6. The van der Waals surface area contributed by atoms with Gasteiger partial charge >= 0.3 is 0 Å². The first-order valence-electron chi connectivity index (χ1n) is 9.63. The number of hydrogen-bond donors (Lipinski definition) is 2. The van der Waals surface area contributed by atoms with Gasteiger partial charge in [-0.2, -0.15) is 0 Å². The molecule has 0 fully saturated rings. The molecule has 0 saturated carbocycles. The van der Waals surface area contributed by atoms with Crippen LogP contribution in [0.2, 0.25) is 0 Å². The number of nitrogens with one attached hydrogen (secondary N) is 2. The molecular weight excluding hydrogens is 446 g/mol. The van der Waals surface area contributed by atoms with Crippen LogP contribution in [0.3, 0.4) is 0 Å². The maximum atomic E-state index is 12.6. The number of amides is 2. The van der Waals surface area contributed by atoms with E-state index in [1.165, 1.54) is 29.1 Å². The lowest BCUT2D eigenvalue weighted by Gasteiger charge is -2.09. The lowest BCUT2D eigenvalue weighted by Crippen LogP contribution is -2.29. The summed E-state index contributed by atoms with van der Waals surface area (Å²) in [5.74, 6) is -0.749. The number of nitrogens with zero attached hydrogens (tertiary/aromatic N) is 3. The molecule has 0 saturated heterocycles. The molecule has 0 spiro atoms. The Kier molecular flexibility index (Phi) is 6.33. The number of aryl methyl sites for hydroxylation is 1. The SMILES string of the molecule is Cc1ccc2nc(NC(=O)CSc3ncc(C(=O)Nc4ccccc4)c(=O)n3C)sc2c1. The average Bonchev–Trinajstić information content (AvgIpc) is 3.16. The topological polar surface area (TPSA) is 106 Å². The summed E-state index contributed by atoms with van der Waals surface area (Å²) in [4.78, 5) is 46.0. The number of anilines is 2. The second-order valence-electron chi connectivity index (χ2n) is 6.97. The maximum absolute atomic E-state index is 12.6. The molecule has 0 aliphatic rings. The third-order valence-corrected chi connectivity index (χ3v) is 6.50. The minimum absolute atomic E-state index is 0.0464. The first-order chi connectivity index (χ1) is 15.4. The first kappa shape index (κ1) is 21.7. The van der Waals surface area contributed by atoms with E-state index in [0.29, 0.717) is 16.0 Å². The molecule has 8 nitrogen and oxygen atoms in total. The Morgan fingerprint density at radius 3 is 2.69 bits per heavy atom. The number of thioether (sulfide) groups is 1. The van der Waals surface area contributed by atoms with Crippen LogP contribution >= 0.6 is 23.1 Å². The van der Waals surface area contributed by atoms with Crippen molar-refractivity contribution in [2.24, 2.45) is 7.05 Å². The van der Waals surface area contributed by atoms with Crippen LogP contribution in [-0.2, 0) is 11.8 Å². The van der Waals surface area contributed by atoms with Gasteiger partial charge in [-0.25, -0.2) is 9.97 Å². The minimum atomic E-state index is -0.537. The standard InChI is InChI=1S/C22H19N5O3S2/c1-13-8-9-16-17(10-13)32-21(25-16)26-18(28)12-31-22-23-11-15(20(30)27(22)2)19(29)24-14-6-4-3-5-7-14/h3-11H,12H2,1-2H3,(H,24,29)(H,25,26,28). The molecule has 0 atom stereocenters. The number of benzene rings is 2. The fourth-order valence-electron chi connectivity index (χ4n) is 2.91. The van der Waals surface area contributed by atoms with E-state index in [-0.39, 0.29) is 17.2 Å². The minimum Gasteiger partial charge on any atom is -0.322 e. The summed E-state index contributed by atoms with van der Waals surface area (Å²) in [5, 5.41) is 6.30. The van der Waals surface area contributed by atoms with Crippen LogP contribution in [0.1, 0.15) is 15.9 Å². The van der Waals surface area contributed by atoms with Crippen LogP contribution in [0.5, 0.6) is 0 Å². The number of carbonyl (C=O) groups excluding carboxylic acids is 2. The molecule has 2 amide bonds. The van der Waals surface area contributed by atoms with Crippen molar-refractivity contribution in [3.63, 3.8) is 0 Å². The van der Waals surface area contributed by atoms with Gasteiger partial charge in [0, 0.05) is 18.9 Å². The fourth-order valence-corrected chi connectivity index (χ4v) is 4.63. The summed E-state index contributed by atoms with van der Waals surface area (Å²) in [5.41, 5.74) is 1.98. The number of aromatic nitrogens is 3. The normalized spacial score (nSPS) is 10.8. The van der Waals surface area contributed by atoms with E-state index >= 15 is 0 Å². The number of para-hydroxylation sites is 1. The van der Waals surface area contributed by atoms with Crippen molar-refractivity contribution in [3.05, 3.63) is 76.2 Å². The van der Waals surface area contributed by atoms with Crippen molar-refractivity contribution in [2.75, 3.05) is 16.4 Å². The largest absolute Gasteiger partial charge is 0.322 e. The number of hydrogen-bond acceptors (Lipinski definition) is 7. The molecule has 0 bridgehead atoms. The highest BCUT2D eigenvalue weighted by Crippen LogP contribution is 2.27. The lowest BCUT2D eigenvalue weighted by atomic mass is 10.2. The second-order valence-corrected chi connectivity index (χ2v) is 8.94. The van der Waals surface area contributed by atoms with Gasteiger partial charge in [-0.15, -0.1) is 0 Å². The van der Waals surface area contributed by atoms with Crippen LogP contribution in [0.15, 0.2) is 64.7 Å². The molecule has 2 aromatic heterocycles. The van der Waals surface area contributed by atoms with Gasteiger partial charge < -0.3 is 10.6 Å². The van der Waals surface area contributed by atoms with Gasteiger partial charge in [-0.1, -0.05) is 47.4 Å². The average molecular weight is 466 g/mol. The molecule has 4 aromatic rings. The molecular formula is C22H19N5O3S2. The Balaban J connectivity index is 1.40. The van der Waals surface area contributed by atoms with E-state index in [1.54, 1.807) is 24.3 Å². The van der Waals surface area contributed by atoms with Gasteiger partial charge in [0.2, 0.25) is 5.91 Å². The summed E-state index contributed by atoms with van der Waals surface area (Å²) < 4.78 is 2.26. The first-order valence-corrected chi connectivity index (χ1v) is 11.4. The molecule has 10 heteroatoms. The van der Waals surface area contributed by atoms with Gasteiger partial charge in [-0.3, -0.25) is 19.0 Å². The van der Waals surface area contributed by atoms with E-state index in [9.17, 15) is 14.4 Å². The second kappa shape index (κ2) is 9.33. The zero-order valence-electron chi connectivity index (χ0n) is 17.3. The smallest absolute Gasteiger partial charge is 0.266 e. The maximum Gasteiger partial charge on any atom is 0.266 e. The van der Waals surface area contributed by atoms with Crippen LogP contribution in [-0.4, -0.2) is 32.1 Å². The molecule has 2 aromatic carbocycles. The lowest BCUT2D eigenvalue weighted by molar-refractivity contribution is -0.113. The predicted molar refractivity (Wildman–Crippen MR) is 128 cm³/mol. The summed E-state index contributed by atoms with van der Waals surface area (Å²) in [6, 6.07) is 14.8. The van der Waals surface area contributed by atoms with E-state index in [0.717, 1.165) is 27.5 Å². The molecule has 0 radical (unpaired) electrons. The van der Waals surface area contributed by atoms with E-state index in [2.05, 4.69) is 20.6 Å². The van der Waals surface area contributed by atoms with E-state index in [4.69, 9.17) is 0 Å². The zero-order chi connectivity index (χ0) is 22.7. The van der Waals surface area contributed by atoms with Gasteiger partial charge in [0.25, 0.3) is 11.5 Å². The highest BCUT2D eigenvalue weighted by atomic mass is 32.2. The van der Waals surface area contributed by atoms with Crippen LogP contribution in [0.4, 0.5) is 10.8 Å². The molecule has 2 N–H and O–H groups in total. The summed E-state index contributed by atoms with van der Waals surface area (Å²) in [6.45, 7) is 2.00. The number of thiazole rings is 1. The fraction of sp³-hybridized carbons (Fsp3) is 0.136. The predicted octanol–water partition coefficient (Wildman–Crippen LogP) is 3.68. The van der Waals surface area contributed by atoms with Crippen molar-refractivity contribution >= 4 is 55.9 Å². The van der Waals surface area contributed by atoms with Crippen molar-refractivity contribution in [3.8, 4) is 0 Å². The van der Waals surface area contributed by atoms with E-state index in [1.807, 2.05) is 31.2 Å². The molecule has 4 rings (SSSR count). The van der Waals surface area contributed by atoms with Gasteiger partial charge in [-0.05, 0) is 36.8 Å². The van der Waals surface area contributed by atoms with Crippen LogP contribution in [0, 0.1) is 6.92 Å². The molecule has 0 unspecified atom stereocenters. The van der Waals surface area contributed by atoms with Crippen LogP contribution < -0.4 is 16.2 Å². The Hall–Kier alpha value is -3.50. The molecule has 162 valence electrons. The quantitative estimate of drug-likeness (QED) is 0.332. The van der Waals surface area contributed by atoms with Gasteiger partial charge in [0.05, 0.1) is 16.0 Å². The summed E-state index contributed by atoms with van der Waals surface area (Å²) in [6.07, 6.45) is 1.23. The highest BCUT2D eigenvalue weighted by molar-refractivity contribution is 7.99. The third kappa shape index (κ3) is 4.87.